The van der Waals surface area contributed by atoms with E-state index in [0.717, 1.165) is 22.6 Å². The number of benzene rings is 1. The third-order valence-electron chi connectivity index (χ3n) is 5.06. The van der Waals surface area contributed by atoms with E-state index in [1.54, 1.807) is 0 Å². The minimum Gasteiger partial charge on any atom is -0.481 e. The fourth-order valence-corrected chi connectivity index (χ4v) is 3.62. The Morgan fingerprint density at radius 3 is 2.48 bits per heavy atom. The van der Waals surface area contributed by atoms with E-state index in [1.165, 1.54) is 0 Å². The van der Waals surface area contributed by atoms with Gasteiger partial charge in [-0.2, -0.15) is 5.10 Å². The van der Waals surface area contributed by atoms with Crippen LogP contribution in [0, 0.1) is 31.1 Å². The number of hydrogen-bond acceptors (Lipinski definition) is 3. The Morgan fingerprint density at radius 2 is 1.92 bits per heavy atom. The molecule has 1 aromatic heterocycles. The van der Waals surface area contributed by atoms with Gasteiger partial charge in [0.15, 0.2) is 0 Å². The summed E-state index contributed by atoms with van der Waals surface area (Å²) in [6, 6.07) is 9.75. The number of amides is 1. The third-order valence-corrected chi connectivity index (χ3v) is 5.06. The first-order valence-electron chi connectivity index (χ1n) is 8.35. The van der Waals surface area contributed by atoms with E-state index in [1.807, 2.05) is 62.7 Å². The summed E-state index contributed by atoms with van der Waals surface area (Å²) in [4.78, 5) is 23.7. The lowest BCUT2D eigenvalue weighted by Crippen LogP contribution is -2.27. The molecule has 0 bridgehead atoms. The van der Waals surface area contributed by atoms with E-state index < -0.39 is 23.2 Å². The maximum Gasteiger partial charge on any atom is 0.307 e. The normalized spacial score (nSPS) is 21.0. The number of carbonyl (C=O) groups excluding carboxylic acids is 1. The highest BCUT2D eigenvalue weighted by Gasteiger charge is 2.65. The largest absolute Gasteiger partial charge is 0.481 e. The maximum absolute atomic E-state index is 12.4. The highest BCUT2D eigenvalue weighted by molar-refractivity contribution is 5.91. The molecule has 1 amide bonds. The molecule has 3 rings (SSSR count). The lowest BCUT2D eigenvalue weighted by molar-refractivity contribution is -0.140. The van der Waals surface area contributed by atoms with E-state index in [-0.39, 0.29) is 5.91 Å². The van der Waals surface area contributed by atoms with Crippen molar-refractivity contribution in [2.24, 2.45) is 17.3 Å². The van der Waals surface area contributed by atoms with Crippen molar-refractivity contribution >= 4 is 11.9 Å². The summed E-state index contributed by atoms with van der Waals surface area (Å²) in [6.07, 6.45) is 0. The molecule has 25 heavy (non-hydrogen) atoms. The molecule has 1 heterocycles. The molecule has 6 nitrogen and oxygen atoms in total. The van der Waals surface area contributed by atoms with Crippen molar-refractivity contribution in [2.45, 2.75) is 34.2 Å². The molecule has 0 spiro atoms. The van der Waals surface area contributed by atoms with Crippen LogP contribution in [0.3, 0.4) is 0 Å². The third kappa shape index (κ3) is 3.04. The van der Waals surface area contributed by atoms with Gasteiger partial charge >= 0.3 is 5.97 Å². The first-order chi connectivity index (χ1) is 11.7. The maximum atomic E-state index is 12.4. The standard InChI is InChI=1S/C19H23N3O3/c1-11-9-12(2)22(21-11)14-8-6-5-7-13(14)10-20-17(23)15-16(18(24)25)19(15,3)4/h5-9,15-16H,10H2,1-4H3,(H,20,23)(H,24,25)/t15-,16+/m0/s1. The summed E-state index contributed by atoms with van der Waals surface area (Å²) < 4.78 is 1.86. The Morgan fingerprint density at radius 1 is 1.24 bits per heavy atom. The molecule has 1 saturated carbocycles. The predicted molar refractivity (Wildman–Crippen MR) is 93.3 cm³/mol. The Labute approximate surface area is 146 Å². The zero-order valence-electron chi connectivity index (χ0n) is 14.9. The average molecular weight is 341 g/mol. The Bertz CT molecular complexity index is 838. The smallest absolute Gasteiger partial charge is 0.307 e. The zero-order chi connectivity index (χ0) is 18.4. The van der Waals surface area contributed by atoms with Gasteiger partial charge in [-0.3, -0.25) is 9.59 Å². The van der Waals surface area contributed by atoms with Gasteiger partial charge in [-0.15, -0.1) is 0 Å². The van der Waals surface area contributed by atoms with Crippen LogP contribution in [0.15, 0.2) is 30.3 Å². The van der Waals surface area contributed by atoms with Crippen molar-refractivity contribution in [1.82, 2.24) is 15.1 Å². The van der Waals surface area contributed by atoms with Gasteiger partial charge in [0, 0.05) is 12.2 Å². The van der Waals surface area contributed by atoms with Crippen molar-refractivity contribution in [3.8, 4) is 5.69 Å². The van der Waals surface area contributed by atoms with Crippen LogP contribution in [0.1, 0.15) is 30.8 Å². The number of carbonyl (C=O) groups is 2. The minimum absolute atomic E-state index is 0.208. The van der Waals surface area contributed by atoms with Crippen LogP contribution in [0.4, 0.5) is 0 Å². The number of aliphatic carboxylic acids is 1. The first-order valence-corrected chi connectivity index (χ1v) is 8.35. The molecule has 1 aliphatic rings. The van der Waals surface area contributed by atoms with Gasteiger partial charge in [-0.1, -0.05) is 32.0 Å². The summed E-state index contributed by atoms with van der Waals surface area (Å²) >= 11 is 0. The molecular formula is C19H23N3O3. The number of hydrogen-bond donors (Lipinski definition) is 2. The van der Waals surface area contributed by atoms with Gasteiger partial charge < -0.3 is 10.4 Å². The van der Waals surface area contributed by atoms with Crippen LogP contribution >= 0.6 is 0 Å². The van der Waals surface area contributed by atoms with Crippen molar-refractivity contribution in [1.29, 1.82) is 0 Å². The molecule has 0 aliphatic heterocycles. The zero-order valence-corrected chi connectivity index (χ0v) is 14.9. The molecule has 1 fully saturated rings. The van der Waals surface area contributed by atoms with Crippen LogP contribution in [0.25, 0.3) is 5.69 Å². The molecule has 0 saturated heterocycles. The number of aryl methyl sites for hydroxylation is 2. The van der Waals surface area contributed by atoms with E-state index in [4.69, 9.17) is 0 Å². The van der Waals surface area contributed by atoms with E-state index >= 15 is 0 Å². The summed E-state index contributed by atoms with van der Waals surface area (Å²) in [5, 5.41) is 16.6. The van der Waals surface area contributed by atoms with Crippen molar-refractivity contribution in [3.05, 3.63) is 47.3 Å². The second-order valence-corrected chi connectivity index (χ2v) is 7.30. The quantitative estimate of drug-likeness (QED) is 0.875. The Balaban J connectivity index is 1.76. The number of para-hydroxylation sites is 1. The monoisotopic (exact) mass is 341 g/mol. The first kappa shape index (κ1) is 17.2. The Hall–Kier alpha value is -2.63. The van der Waals surface area contributed by atoms with Gasteiger partial charge in [0.05, 0.1) is 23.2 Å². The van der Waals surface area contributed by atoms with Gasteiger partial charge in [-0.05, 0) is 37.0 Å². The lowest BCUT2D eigenvalue weighted by Gasteiger charge is -2.12. The van der Waals surface area contributed by atoms with Crippen LogP contribution in [0.2, 0.25) is 0 Å². The fraction of sp³-hybridized carbons (Fsp3) is 0.421. The minimum atomic E-state index is -0.909. The highest BCUT2D eigenvalue weighted by atomic mass is 16.4. The van der Waals surface area contributed by atoms with Gasteiger partial charge in [0.2, 0.25) is 5.91 Å². The molecule has 2 aromatic rings. The number of nitrogens with one attached hydrogen (secondary N) is 1. The summed E-state index contributed by atoms with van der Waals surface area (Å²) in [7, 11) is 0. The van der Waals surface area contributed by atoms with E-state index in [2.05, 4.69) is 10.4 Å². The molecule has 0 radical (unpaired) electrons. The summed E-state index contributed by atoms with van der Waals surface area (Å²) in [5.74, 6) is -2.21. The molecule has 1 aliphatic carbocycles. The number of nitrogens with zero attached hydrogens (tertiary/aromatic N) is 2. The van der Waals surface area contributed by atoms with E-state index in [9.17, 15) is 14.7 Å². The number of carboxylic acids is 1. The van der Waals surface area contributed by atoms with Crippen molar-refractivity contribution in [2.75, 3.05) is 0 Å². The summed E-state index contributed by atoms with van der Waals surface area (Å²) in [6.45, 7) is 7.90. The number of rotatable bonds is 5. The highest BCUT2D eigenvalue weighted by Crippen LogP contribution is 2.58. The van der Waals surface area contributed by atoms with Gasteiger partial charge in [0.1, 0.15) is 0 Å². The molecule has 1 aromatic carbocycles. The number of aromatic nitrogens is 2. The van der Waals surface area contributed by atoms with Crippen LogP contribution in [0.5, 0.6) is 0 Å². The Kier molecular flexibility index (Phi) is 4.14. The number of carboxylic acid groups (broad SMARTS) is 1. The predicted octanol–water partition coefficient (Wildman–Crippen LogP) is 2.46. The SMILES string of the molecule is Cc1cc(C)n(-c2ccccc2CNC(=O)[C@@H]2[C@H](C(=O)O)C2(C)C)n1. The van der Waals surface area contributed by atoms with Crippen LogP contribution in [-0.2, 0) is 16.1 Å². The molecule has 2 atom stereocenters. The lowest BCUT2D eigenvalue weighted by atomic mass is 10.1. The average Bonchev–Trinajstić information content (AvgIpc) is 2.97. The van der Waals surface area contributed by atoms with Crippen molar-refractivity contribution in [3.63, 3.8) is 0 Å². The van der Waals surface area contributed by atoms with E-state index in [0.29, 0.717) is 6.54 Å². The second-order valence-electron chi connectivity index (χ2n) is 7.30. The molecular weight excluding hydrogens is 318 g/mol. The molecule has 0 unspecified atom stereocenters. The van der Waals surface area contributed by atoms with Crippen LogP contribution < -0.4 is 5.32 Å². The van der Waals surface area contributed by atoms with Crippen LogP contribution in [-0.4, -0.2) is 26.8 Å². The van der Waals surface area contributed by atoms with Crippen molar-refractivity contribution < 1.29 is 14.7 Å². The topological polar surface area (TPSA) is 84.2 Å². The fourth-order valence-electron chi connectivity index (χ4n) is 3.62. The molecule has 2 N–H and O–H groups in total. The molecule has 132 valence electrons. The second kappa shape index (κ2) is 6.02. The molecule has 6 heteroatoms. The van der Waals surface area contributed by atoms with Gasteiger partial charge in [0.25, 0.3) is 0 Å². The summed E-state index contributed by atoms with van der Waals surface area (Å²) in [5.41, 5.74) is 3.31. The van der Waals surface area contributed by atoms with Gasteiger partial charge in [-0.25, -0.2) is 4.68 Å².